The molecule has 76 valence electrons. The molecule has 1 nitrogen and oxygen atoms in total. The molecule has 1 heteroatoms. The highest BCUT2D eigenvalue weighted by atomic mass is 15.1. The van der Waals surface area contributed by atoms with Crippen molar-refractivity contribution < 1.29 is 0 Å². The van der Waals surface area contributed by atoms with E-state index >= 15 is 0 Å². The predicted molar refractivity (Wildman–Crippen MR) is 56.6 cm³/mol. The molecule has 3 rings (SSSR count). The Bertz CT molecular complexity index is 205. The fourth-order valence-corrected chi connectivity index (χ4v) is 3.80. The number of rotatable bonds is 1. The quantitative estimate of drug-likeness (QED) is 0.601. The second-order valence-corrected chi connectivity index (χ2v) is 5.99. The number of nitrogens with zero attached hydrogens (tertiary/aromatic N) is 1. The third-order valence-electron chi connectivity index (χ3n) is 4.98. The first kappa shape index (κ1) is 9.51. The molecule has 3 saturated carbocycles. The molecule has 0 N–H and O–H groups in total. The molecule has 13 heavy (non-hydrogen) atoms. The van der Waals surface area contributed by atoms with Gasteiger partial charge in [-0.15, -0.1) is 0 Å². The topological polar surface area (TPSA) is 3.24 Å². The Morgan fingerprint density at radius 3 is 2.15 bits per heavy atom. The molecule has 0 radical (unpaired) electrons. The Balaban J connectivity index is 2.12. The molecule has 0 aromatic heterocycles. The average molecular weight is 181 g/mol. The Kier molecular flexibility index (Phi) is 1.99. The van der Waals surface area contributed by atoms with Crippen LogP contribution in [0.1, 0.15) is 33.6 Å². The fraction of sp³-hybridized carbons (Fsp3) is 1.00. The maximum atomic E-state index is 2.47. The van der Waals surface area contributed by atoms with Crippen LogP contribution in [0.2, 0.25) is 0 Å². The van der Waals surface area contributed by atoms with Gasteiger partial charge in [0.1, 0.15) is 0 Å². The van der Waals surface area contributed by atoms with E-state index in [0.717, 1.165) is 23.8 Å². The van der Waals surface area contributed by atoms with Crippen molar-refractivity contribution in [3.63, 3.8) is 0 Å². The summed E-state index contributed by atoms with van der Waals surface area (Å²) in [5.74, 6) is 2.88. The summed E-state index contributed by atoms with van der Waals surface area (Å²) in [6, 6.07) is 0.844. The first-order valence-corrected chi connectivity index (χ1v) is 5.61. The summed E-state index contributed by atoms with van der Waals surface area (Å²) in [5.41, 5.74) is 0.645. The highest BCUT2D eigenvalue weighted by Gasteiger charge is 2.56. The minimum Gasteiger partial charge on any atom is -0.306 e. The molecule has 0 saturated heterocycles. The molecule has 3 fully saturated rings. The zero-order valence-electron chi connectivity index (χ0n) is 9.67. The lowest BCUT2D eigenvalue weighted by molar-refractivity contribution is -0.132. The number of hydrogen-bond acceptors (Lipinski definition) is 1. The van der Waals surface area contributed by atoms with Crippen LogP contribution in [-0.2, 0) is 0 Å². The molecule has 3 aliphatic carbocycles. The van der Waals surface area contributed by atoms with Gasteiger partial charge < -0.3 is 4.90 Å². The molecule has 0 aromatic carbocycles. The largest absolute Gasteiger partial charge is 0.306 e. The van der Waals surface area contributed by atoms with Crippen LogP contribution in [0, 0.1) is 23.2 Å². The first-order chi connectivity index (χ1) is 5.94. The summed E-state index contributed by atoms with van der Waals surface area (Å²) in [6.45, 7) is 7.38. The van der Waals surface area contributed by atoms with Gasteiger partial charge in [0.2, 0.25) is 0 Å². The molecule has 3 aliphatic rings. The zero-order chi connectivity index (χ0) is 9.80. The highest BCUT2D eigenvalue weighted by Crippen LogP contribution is 2.61. The fourth-order valence-electron chi connectivity index (χ4n) is 3.80. The van der Waals surface area contributed by atoms with Gasteiger partial charge in [-0.1, -0.05) is 20.8 Å². The minimum absolute atomic E-state index is 0.645. The minimum atomic E-state index is 0.645. The third-order valence-corrected chi connectivity index (χ3v) is 4.98. The van der Waals surface area contributed by atoms with Gasteiger partial charge >= 0.3 is 0 Å². The lowest BCUT2D eigenvalue weighted by atomic mass is 9.44. The molecule has 0 aromatic rings. The summed E-state index contributed by atoms with van der Waals surface area (Å²) in [6.07, 6.45) is 2.93. The van der Waals surface area contributed by atoms with Crippen LogP contribution >= 0.6 is 0 Å². The summed E-state index contributed by atoms with van der Waals surface area (Å²) in [4.78, 5) is 2.43. The van der Waals surface area contributed by atoms with Crippen molar-refractivity contribution in [1.82, 2.24) is 4.90 Å². The van der Waals surface area contributed by atoms with E-state index in [4.69, 9.17) is 0 Å². The monoisotopic (exact) mass is 181 g/mol. The van der Waals surface area contributed by atoms with Crippen molar-refractivity contribution in [3.05, 3.63) is 0 Å². The van der Waals surface area contributed by atoms with Crippen molar-refractivity contribution in [2.45, 2.75) is 39.7 Å². The lowest BCUT2D eigenvalue weighted by Gasteiger charge is -2.63. The molecule has 0 spiro atoms. The van der Waals surface area contributed by atoms with E-state index in [9.17, 15) is 0 Å². The van der Waals surface area contributed by atoms with E-state index < -0.39 is 0 Å². The molecule has 0 amide bonds. The third kappa shape index (κ3) is 1.16. The van der Waals surface area contributed by atoms with Crippen LogP contribution < -0.4 is 0 Å². The van der Waals surface area contributed by atoms with Crippen LogP contribution in [0.25, 0.3) is 0 Å². The Labute approximate surface area is 82.5 Å². The van der Waals surface area contributed by atoms with E-state index in [1.54, 1.807) is 0 Å². The second-order valence-electron chi connectivity index (χ2n) is 5.99. The number of fused-ring (bicyclic) bond motifs is 2. The van der Waals surface area contributed by atoms with Gasteiger partial charge in [0, 0.05) is 6.04 Å². The zero-order valence-corrected chi connectivity index (χ0v) is 9.67. The summed E-state index contributed by atoms with van der Waals surface area (Å²) >= 11 is 0. The molecule has 0 aliphatic heterocycles. The van der Waals surface area contributed by atoms with E-state index in [-0.39, 0.29) is 0 Å². The molecule has 0 heterocycles. The molecule has 2 bridgehead atoms. The van der Waals surface area contributed by atoms with Crippen LogP contribution in [-0.4, -0.2) is 25.0 Å². The smallest absolute Gasteiger partial charge is 0.0120 e. The van der Waals surface area contributed by atoms with Crippen molar-refractivity contribution in [3.8, 4) is 0 Å². The van der Waals surface area contributed by atoms with Gasteiger partial charge in [0.25, 0.3) is 0 Å². The van der Waals surface area contributed by atoms with E-state index in [1.165, 1.54) is 12.8 Å². The van der Waals surface area contributed by atoms with Gasteiger partial charge in [-0.3, -0.25) is 0 Å². The summed E-state index contributed by atoms with van der Waals surface area (Å²) in [7, 11) is 4.47. The second kappa shape index (κ2) is 2.73. The van der Waals surface area contributed by atoms with Crippen molar-refractivity contribution in [2.24, 2.45) is 23.2 Å². The van der Waals surface area contributed by atoms with Crippen LogP contribution in [0.5, 0.6) is 0 Å². The van der Waals surface area contributed by atoms with Gasteiger partial charge in [0.05, 0.1) is 0 Å². The van der Waals surface area contributed by atoms with Crippen LogP contribution in [0.4, 0.5) is 0 Å². The first-order valence-electron chi connectivity index (χ1n) is 5.61. The van der Waals surface area contributed by atoms with E-state index in [0.29, 0.717) is 5.41 Å². The maximum absolute atomic E-state index is 2.47. The van der Waals surface area contributed by atoms with Crippen molar-refractivity contribution in [2.75, 3.05) is 14.1 Å². The Hall–Kier alpha value is -0.0400. The van der Waals surface area contributed by atoms with Crippen molar-refractivity contribution >= 4 is 0 Å². The SMILES string of the molecule is CC1C(N(C)C)C[C@@H]2C[C@H]1C2(C)C. The molecule has 2 unspecified atom stereocenters. The van der Waals surface area contributed by atoms with E-state index in [1.807, 2.05) is 0 Å². The highest BCUT2D eigenvalue weighted by molar-refractivity contribution is 5.06. The lowest BCUT2D eigenvalue weighted by Crippen LogP contribution is -2.59. The van der Waals surface area contributed by atoms with Gasteiger partial charge in [-0.25, -0.2) is 0 Å². The Morgan fingerprint density at radius 2 is 1.77 bits per heavy atom. The van der Waals surface area contributed by atoms with Gasteiger partial charge in [-0.2, -0.15) is 0 Å². The van der Waals surface area contributed by atoms with Crippen molar-refractivity contribution in [1.29, 1.82) is 0 Å². The maximum Gasteiger partial charge on any atom is 0.0120 e. The summed E-state index contributed by atoms with van der Waals surface area (Å²) < 4.78 is 0. The standard InChI is InChI=1S/C12H23N/c1-8-10-6-9(12(10,2)3)7-11(8)13(4)5/h8-11H,6-7H2,1-5H3/t8?,9-,10+,11?/m0/s1. The number of hydrogen-bond donors (Lipinski definition) is 0. The van der Waals surface area contributed by atoms with Crippen LogP contribution in [0.3, 0.4) is 0 Å². The molecular formula is C12H23N. The van der Waals surface area contributed by atoms with E-state index in [2.05, 4.69) is 39.8 Å². The van der Waals surface area contributed by atoms with Gasteiger partial charge in [-0.05, 0) is 50.1 Å². The van der Waals surface area contributed by atoms with Crippen LogP contribution in [0.15, 0.2) is 0 Å². The average Bonchev–Trinajstić information content (AvgIpc) is 2.02. The summed E-state index contributed by atoms with van der Waals surface area (Å²) in [5, 5.41) is 0. The molecular weight excluding hydrogens is 158 g/mol. The van der Waals surface area contributed by atoms with Gasteiger partial charge in [0.15, 0.2) is 0 Å². The molecule has 4 atom stereocenters. The predicted octanol–water partition coefficient (Wildman–Crippen LogP) is 2.62. The normalized spacial score (nSPS) is 47.5. The Morgan fingerprint density at radius 1 is 1.15 bits per heavy atom.